The zero-order chi connectivity index (χ0) is 16.8. The molecule has 0 aromatic carbocycles. The first kappa shape index (κ1) is 17.0. The Kier molecular flexibility index (Phi) is 5.92. The van der Waals surface area contributed by atoms with Crippen LogP contribution in [0.1, 0.15) is 31.4 Å². The summed E-state index contributed by atoms with van der Waals surface area (Å²) in [4.78, 5) is 12.0. The van der Waals surface area contributed by atoms with Gasteiger partial charge in [-0.25, -0.2) is 0 Å². The number of thioether (sulfide) groups is 1. The van der Waals surface area contributed by atoms with Crippen LogP contribution < -0.4 is 5.32 Å². The van der Waals surface area contributed by atoms with Crippen molar-refractivity contribution in [1.29, 1.82) is 0 Å². The van der Waals surface area contributed by atoms with Crippen LogP contribution in [0.3, 0.4) is 0 Å². The summed E-state index contributed by atoms with van der Waals surface area (Å²) in [6, 6.07) is 3.63. The third-order valence-corrected chi connectivity index (χ3v) is 4.86. The monoisotopic (exact) mass is 350 g/mol. The van der Waals surface area contributed by atoms with E-state index >= 15 is 0 Å². The maximum Gasteiger partial charge on any atom is 0.230 e. The molecule has 1 fully saturated rings. The van der Waals surface area contributed by atoms with Crippen molar-refractivity contribution >= 4 is 17.7 Å². The summed E-state index contributed by atoms with van der Waals surface area (Å²) < 4.78 is 13.0. The fourth-order valence-corrected chi connectivity index (χ4v) is 3.44. The van der Waals surface area contributed by atoms with Crippen molar-refractivity contribution in [2.24, 2.45) is 0 Å². The Bertz CT molecular complexity index is 650. The van der Waals surface area contributed by atoms with Crippen molar-refractivity contribution in [1.82, 2.24) is 20.1 Å². The van der Waals surface area contributed by atoms with E-state index in [2.05, 4.69) is 27.0 Å². The molecule has 0 radical (unpaired) electrons. The van der Waals surface area contributed by atoms with E-state index in [9.17, 15) is 4.79 Å². The van der Waals surface area contributed by atoms with Crippen LogP contribution in [0.25, 0.3) is 0 Å². The minimum Gasteiger partial charge on any atom is -0.467 e. The molecule has 0 bridgehead atoms. The van der Waals surface area contributed by atoms with Crippen molar-refractivity contribution in [2.45, 2.75) is 50.5 Å². The molecule has 8 heteroatoms. The molecule has 1 N–H and O–H groups in total. The molecule has 3 rings (SSSR count). The number of nitrogens with zero attached hydrogens (tertiary/aromatic N) is 3. The predicted molar refractivity (Wildman–Crippen MR) is 89.7 cm³/mol. The highest BCUT2D eigenvalue weighted by molar-refractivity contribution is 7.99. The zero-order valence-corrected chi connectivity index (χ0v) is 14.6. The molecule has 2 aromatic rings. The largest absolute Gasteiger partial charge is 0.467 e. The number of aryl methyl sites for hydroxylation is 1. The van der Waals surface area contributed by atoms with Gasteiger partial charge in [-0.1, -0.05) is 18.7 Å². The molecule has 130 valence electrons. The Morgan fingerprint density at radius 2 is 2.42 bits per heavy atom. The van der Waals surface area contributed by atoms with E-state index in [1.54, 1.807) is 12.3 Å². The van der Waals surface area contributed by atoms with E-state index in [-0.39, 0.29) is 12.0 Å². The van der Waals surface area contributed by atoms with Crippen LogP contribution >= 0.6 is 11.8 Å². The normalized spacial score (nSPS) is 17.3. The highest BCUT2D eigenvalue weighted by Crippen LogP contribution is 2.21. The lowest BCUT2D eigenvalue weighted by Gasteiger charge is -2.14. The van der Waals surface area contributed by atoms with Crippen LogP contribution in [-0.2, 0) is 29.0 Å². The number of hydrogen-bond acceptors (Lipinski definition) is 6. The van der Waals surface area contributed by atoms with E-state index in [1.165, 1.54) is 11.8 Å². The number of hydrogen-bond donors (Lipinski definition) is 1. The predicted octanol–water partition coefficient (Wildman–Crippen LogP) is 2.02. The molecule has 3 heterocycles. The molecule has 0 spiro atoms. The van der Waals surface area contributed by atoms with Crippen LogP contribution in [0.15, 0.2) is 28.0 Å². The Labute approximate surface area is 145 Å². The minimum absolute atomic E-state index is 0.0545. The molecule has 1 aliphatic rings. The first-order chi connectivity index (χ1) is 11.8. The molecule has 0 aliphatic carbocycles. The summed E-state index contributed by atoms with van der Waals surface area (Å²) >= 11 is 1.40. The maximum atomic E-state index is 12.0. The van der Waals surface area contributed by atoms with E-state index in [4.69, 9.17) is 9.15 Å². The van der Waals surface area contributed by atoms with Gasteiger partial charge in [-0.05, 0) is 25.0 Å². The molecule has 1 atom stereocenters. The second-order valence-electron chi connectivity index (χ2n) is 5.64. The van der Waals surface area contributed by atoms with E-state index in [0.717, 1.165) is 49.2 Å². The molecular formula is C16H22N4O3S. The van der Waals surface area contributed by atoms with Gasteiger partial charge in [0.15, 0.2) is 5.16 Å². The summed E-state index contributed by atoms with van der Waals surface area (Å²) in [7, 11) is 0. The summed E-state index contributed by atoms with van der Waals surface area (Å²) in [5.74, 6) is 1.92. The Balaban J connectivity index is 1.53. The summed E-state index contributed by atoms with van der Waals surface area (Å²) in [6.07, 6.45) is 4.79. The minimum atomic E-state index is -0.0545. The summed E-state index contributed by atoms with van der Waals surface area (Å²) in [6.45, 7) is 4.04. The molecule has 1 unspecified atom stereocenters. The number of ether oxygens (including phenoxy) is 1. The van der Waals surface area contributed by atoms with Crippen molar-refractivity contribution < 1.29 is 13.9 Å². The molecular weight excluding hydrogens is 328 g/mol. The van der Waals surface area contributed by atoms with Crippen LogP contribution in [0.5, 0.6) is 0 Å². The molecule has 1 aliphatic heterocycles. The molecule has 0 saturated carbocycles. The van der Waals surface area contributed by atoms with Crippen molar-refractivity contribution in [3.63, 3.8) is 0 Å². The number of carbonyl (C=O) groups excluding carboxylic acids is 1. The van der Waals surface area contributed by atoms with Gasteiger partial charge >= 0.3 is 0 Å². The molecule has 2 aromatic heterocycles. The average Bonchev–Trinajstić information content (AvgIpc) is 3.34. The quantitative estimate of drug-likeness (QED) is 0.734. The van der Waals surface area contributed by atoms with Gasteiger partial charge in [-0.3, -0.25) is 4.79 Å². The Hall–Kier alpha value is -1.80. The number of amides is 1. The summed E-state index contributed by atoms with van der Waals surface area (Å²) in [5.41, 5.74) is 0. The highest BCUT2D eigenvalue weighted by atomic mass is 32.2. The summed E-state index contributed by atoms with van der Waals surface area (Å²) in [5, 5.41) is 12.1. The fourth-order valence-electron chi connectivity index (χ4n) is 2.64. The van der Waals surface area contributed by atoms with Crippen LogP contribution in [0.4, 0.5) is 0 Å². The van der Waals surface area contributed by atoms with Crippen LogP contribution in [-0.4, -0.2) is 39.1 Å². The topological polar surface area (TPSA) is 82.2 Å². The second-order valence-corrected chi connectivity index (χ2v) is 6.59. The Morgan fingerprint density at radius 1 is 1.50 bits per heavy atom. The van der Waals surface area contributed by atoms with E-state index < -0.39 is 0 Å². The number of furan rings is 1. The maximum absolute atomic E-state index is 12.0. The SMILES string of the molecule is CCc1nnc(SCC(=O)NCc2ccco2)n1CC1CCCO1. The van der Waals surface area contributed by atoms with Gasteiger partial charge in [-0.2, -0.15) is 0 Å². The van der Waals surface area contributed by atoms with Crippen LogP contribution in [0.2, 0.25) is 0 Å². The lowest BCUT2D eigenvalue weighted by atomic mass is 10.2. The lowest BCUT2D eigenvalue weighted by Crippen LogP contribution is -2.24. The lowest BCUT2D eigenvalue weighted by molar-refractivity contribution is -0.118. The van der Waals surface area contributed by atoms with Gasteiger partial charge in [0, 0.05) is 13.0 Å². The first-order valence-corrected chi connectivity index (χ1v) is 9.20. The molecule has 7 nitrogen and oxygen atoms in total. The van der Waals surface area contributed by atoms with Gasteiger partial charge in [0.1, 0.15) is 11.6 Å². The number of rotatable bonds is 8. The van der Waals surface area contributed by atoms with Gasteiger partial charge in [-0.15, -0.1) is 10.2 Å². The molecule has 1 amide bonds. The average molecular weight is 350 g/mol. The zero-order valence-electron chi connectivity index (χ0n) is 13.7. The van der Waals surface area contributed by atoms with Crippen LogP contribution in [0, 0.1) is 0 Å². The molecule has 1 saturated heterocycles. The smallest absolute Gasteiger partial charge is 0.230 e. The fraction of sp³-hybridized carbons (Fsp3) is 0.562. The highest BCUT2D eigenvalue weighted by Gasteiger charge is 2.20. The van der Waals surface area contributed by atoms with Crippen molar-refractivity contribution in [3.05, 3.63) is 30.0 Å². The van der Waals surface area contributed by atoms with Crippen molar-refractivity contribution in [3.8, 4) is 0 Å². The molecule has 24 heavy (non-hydrogen) atoms. The number of aromatic nitrogens is 3. The number of nitrogens with one attached hydrogen (secondary N) is 1. The first-order valence-electron chi connectivity index (χ1n) is 8.21. The third-order valence-electron chi connectivity index (χ3n) is 3.89. The van der Waals surface area contributed by atoms with Gasteiger partial charge in [0.2, 0.25) is 5.91 Å². The van der Waals surface area contributed by atoms with E-state index in [1.807, 2.05) is 6.07 Å². The third kappa shape index (κ3) is 4.39. The van der Waals surface area contributed by atoms with Crippen molar-refractivity contribution in [2.75, 3.05) is 12.4 Å². The number of carbonyl (C=O) groups is 1. The van der Waals surface area contributed by atoms with Gasteiger partial charge < -0.3 is 19.0 Å². The Morgan fingerprint density at radius 3 is 3.12 bits per heavy atom. The van der Waals surface area contributed by atoms with E-state index in [0.29, 0.717) is 12.3 Å². The standard InChI is InChI=1S/C16H22N4O3S/c1-2-14-18-19-16(20(14)10-13-6-4-8-23-13)24-11-15(21)17-9-12-5-3-7-22-12/h3,5,7,13H,2,4,6,8-11H2,1H3,(H,17,21). The van der Waals surface area contributed by atoms with Gasteiger partial charge in [0.05, 0.1) is 31.2 Å². The second kappa shape index (κ2) is 8.34. The van der Waals surface area contributed by atoms with Gasteiger partial charge in [0.25, 0.3) is 0 Å².